The number of hydrogen-bond donors (Lipinski definition) is 4. The molecule has 0 aromatic heterocycles. The molecule has 3 amide bonds. The van der Waals surface area contributed by atoms with Crippen molar-refractivity contribution in [3.63, 3.8) is 0 Å². The monoisotopic (exact) mass is 542 g/mol. The van der Waals surface area contributed by atoms with Crippen molar-refractivity contribution in [3.05, 3.63) is 71.8 Å². The summed E-state index contributed by atoms with van der Waals surface area (Å²) in [5.41, 5.74) is 11.9. The largest absolute Gasteiger partial charge is 0.370 e. The van der Waals surface area contributed by atoms with Gasteiger partial charge in [0.1, 0.15) is 12.1 Å². The molecule has 6 N–H and O–H groups in total. The predicted octanol–water partition coefficient (Wildman–Crippen LogP) is 0.424. The number of carbonyl (C=O) groups excluding carboxylic acids is 3. The van der Waals surface area contributed by atoms with Crippen LogP contribution in [0.5, 0.6) is 0 Å². The first-order valence-corrected chi connectivity index (χ1v) is 14.1. The van der Waals surface area contributed by atoms with E-state index < -0.39 is 45.7 Å². The Morgan fingerprint density at radius 2 is 1.61 bits per heavy atom. The summed E-state index contributed by atoms with van der Waals surface area (Å²) < 4.78 is 28.2. The molecule has 11 nitrogen and oxygen atoms in total. The number of nitrogens with zero attached hydrogens (tertiary/aromatic N) is 2. The van der Waals surface area contributed by atoms with Gasteiger partial charge in [0.15, 0.2) is 5.96 Å². The third kappa shape index (κ3) is 7.62. The van der Waals surface area contributed by atoms with E-state index in [1.165, 1.54) is 11.8 Å². The fraction of sp³-hybridized carbons (Fsp3) is 0.385. The van der Waals surface area contributed by atoms with Crippen molar-refractivity contribution in [2.45, 2.75) is 44.2 Å². The lowest BCUT2D eigenvalue weighted by Gasteiger charge is -2.33. The first kappa shape index (κ1) is 28.8. The molecule has 12 heteroatoms. The molecule has 0 radical (unpaired) electrons. The maximum atomic E-state index is 14.1. The van der Waals surface area contributed by atoms with Gasteiger partial charge < -0.3 is 21.7 Å². The zero-order valence-electron chi connectivity index (χ0n) is 21.2. The molecule has 204 valence electrons. The molecule has 0 bridgehead atoms. The van der Waals surface area contributed by atoms with Gasteiger partial charge in [-0.3, -0.25) is 14.4 Å². The fourth-order valence-corrected chi connectivity index (χ4v) is 5.32. The van der Waals surface area contributed by atoms with Crippen molar-refractivity contribution >= 4 is 33.7 Å². The van der Waals surface area contributed by atoms with Crippen LogP contribution in [0.1, 0.15) is 43.2 Å². The van der Waals surface area contributed by atoms with Gasteiger partial charge in [-0.15, -0.1) is 0 Å². The summed E-state index contributed by atoms with van der Waals surface area (Å²) in [5, 5.41) is 2.66. The molecule has 1 aliphatic rings. The number of aliphatic imine (C=N–C) groups is 1. The highest BCUT2D eigenvalue weighted by atomic mass is 32.2. The quantitative estimate of drug-likeness (QED) is 0.235. The van der Waals surface area contributed by atoms with E-state index in [-0.39, 0.29) is 24.7 Å². The SMILES string of the molecule is CCS(=O)(=O)N[C@@H](C(=O)N1CCC[C@H]1C(=O)NCCC(=O)N=C(N)N)C(c1ccccc1)c1ccccc1. The molecule has 38 heavy (non-hydrogen) atoms. The molecule has 0 spiro atoms. The normalized spacial score (nSPS) is 16.2. The van der Waals surface area contributed by atoms with Crippen molar-refractivity contribution in [2.24, 2.45) is 16.5 Å². The number of nitrogens with two attached hydrogens (primary N) is 2. The Morgan fingerprint density at radius 1 is 1.03 bits per heavy atom. The number of benzene rings is 2. The summed E-state index contributed by atoms with van der Waals surface area (Å²) >= 11 is 0. The van der Waals surface area contributed by atoms with Crippen LogP contribution in [0.15, 0.2) is 65.7 Å². The average Bonchev–Trinajstić information content (AvgIpc) is 3.39. The molecule has 2 atom stereocenters. The Morgan fingerprint density at radius 3 is 2.13 bits per heavy atom. The maximum absolute atomic E-state index is 14.1. The Bertz CT molecular complexity index is 1210. The van der Waals surface area contributed by atoms with Gasteiger partial charge in [0, 0.05) is 25.4 Å². The highest BCUT2D eigenvalue weighted by Crippen LogP contribution is 2.31. The lowest BCUT2D eigenvalue weighted by Crippen LogP contribution is -2.55. The van der Waals surface area contributed by atoms with Crippen LogP contribution in [0.25, 0.3) is 0 Å². The van der Waals surface area contributed by atoms with Gasteiger partial charge in [0.25, 0.3) is 5.91 Å². The summed E-state index contributed by atoms with van der Waals surface area (Å²) in [6.07, 6.45) is 0.882. The first-order chi connectivity index (χ1) is 18.1. The van der Waals surface area contributed by atoms with E-state index in [1.54, 1.807) is 0 Å². The lowest BCUT2D eigenvalue weighted by molar-refractivity contribution is -0.140. The summed E-state index contributed by atoms with van der Waals surface area (Å²) in [5.74, 6) is -2.70. The van der Waals surface area contributed by atoms with Crippen LogP contribution >= 0.6 is 0 Å². The van der Waals surface area contributed by atoms with E-state index in [0.717, 1.165) is 11.1 Å². The van der Waals surface area contributed by atoms with Crippen LogP contribution in [0.2, 0.25) is 0 Å². The smallest absolute Gasteiger partial charge is 0.250 e. The molecule has 3 rings (SSSR count). The van der Waals surface area contributed by atoms with Crippen molar-refractivity contribution in [1.29, 1.82) is 0 Å². The van der Waals surface area contributed by atoms with Crippen molar-refractivity contribution < 1.29 is 22.8 Å². The van der Waals surface area contributed by atoms with Crippen molar-refractivity contribution in [3.8, 4) is 0 Å². The van der Waals surface area contributed by atoms with Gasteiger partial charge in [-0.1, -0.05) is 60.7 Å². The minimum atomic E-state index is -3.79. The van der Waals surface area contributed by atoms with E-state index in [0.29, 0.717) is 19.4 Å². The van der Waals surface area contributed by atoms with Crippen LogP contribution in [0.4, 0.5) is 0 Å². The molecule has 1 heterocycles. The molecular formula is C26H34N6O5S. The van der Waals surface area contributed by atoms with Gasteiger partial charge in [0.05, 0.1) is 5.75 Å². The highest BCUT2D eigenvalue weighted by Gasteiger charge is 2.42. The molecule has 0 unspecified atom stereocenters. The topological polar surface area (TPSA) is 177 Å². The summed E-state index contributed by atoms with van der Waals surface area (Å²) in [6.45, 7) is 1.79. The Kier molecular flexibility index (Phi) is 9.97. The second-order valence-electron chi connectivity index (χ2n) is 8.96. The molecule has 2 aromatic rings. The molecule has 0 saturated carbocycles. The standard InChI is InChI=1S/C26H34N6O5S/c1-2-38(36,37)31-23(22(18-10-5-3-6-11-18)19-12-7-4-8-13-19)25(35)32-17-9-14-20(32)24(34)29-16-15-21(33)30-26(27)28/h3-8,10-13,20,22-23,31H,2,9,14-17H2,1H3,(H,29,34)(H4,27,28,30,33)/t20-,23+/m0/s1. The van der Waals surface area contributed by atoms with E-state index in [1.807, 2.05) is 60.7 Å². The number of nitrogens with one attached hydrogen (secondary N) is 2. The fourth-order valence-electron chi connectivity index (χ4n) is 4.53. The number of carbonyl (C=O) groups is 3. The van der Waals surface area contributed by atoms with Crippen LogP contribution in [-0.2, 0) is 24.4 Å². The number of sulfonamides is 1. The van der Waals surface area contributed by atoms with Crippen LogP contribution in [0, 0.1) is 0 Å². The van der Waals surface area contributed by atoms with Gasteiger partial charge in [-0.25, -0.2) is 13.1 Å². The van der Waals surface area contributed by atoms with Gasteiger partial charge in [0.2, 0.25) is 21.8 Å². The molecule has 1 fully saturated rings. The summed E-state index contributed by atoms with van der Waals surface area (Å²) in [7, 11) is -3.79. The van der Waals surface area contributed by atoms with E-state index in [9.17, 15) is 22.8 Å². The summed E-state index contributed by atoms with van der Waals surface area (Å²) in [4.78, 5) is 43.6. The number of rotatable bonds is 11. The zero-order valence-corrected chi connectivity index (χ0v) is 22.1. The van der Waals surface area contributed by atoms with Crippen LogP contribution < -0.4 is 21.5 Å². The minimum Gasteiger partial charge on any atom is -0.370 e. The van der Waals surface area contributed by atoms with E-state index in [4.69, 9.17) is 11.5 Å². The molecule has 2 aromatic carbocycles. The van der Waals surface area contributed by atoms with E-state index >= 15 is 0 Å². The van der Waals surface area contributed by atoms with Gasteiger partial charge in [-0.05, 0) is 30.9 Å². The second-order valence-corrected chi connectivity index (χ2v) is 11.0. The third-order valence-electron chi connectivity index (χ3n) is 6.33. The van der Waals surface area contributed by atoms with E-state index in [2.05, 4.69) is 15.0 Å². The summed E-state index contributed by atoms with van der Waals surface area (Å²) in [6, 6.07) is 16.4. The molecule has 1 saturated heterocycles. The highest BCUT2D eigenvalue weighted by molar-refractivity contribution is 7.89. The predicted molar refractivity (Wildman–Crippen MR) is 144 cm³/mol. The Labute approximate surface area is 222 Å². The Balaban J connectivity index is 1.90. The first-order valence-electron chi connectivity index (χ1n) is 12.4. The minimum absolute atomic E-state index is 0.00444. The number of guanidine groups is 1. The zero-order chi connectivity index (χ0) is 27.7. The van der Waals surface area contributed by atoms with Crippen molar-refractivity contribution in [2.75, 3.05) is 18.8 Å². The number of likely N-dealkylation sites (tertiary alicyclic amines) is 1. The lowest BCUT2D eigenvalue weighted by atomic mass is 9.84. The molecule has 1 aliphatic heterocycles. The van der Waals surface area contributed by atoms with Gasteiger partial charge in [-0.2, -0.15) is 4.99 Å². The van der Waals surface area contributed by atoms with Crippen LogP contribution in [0.3, 0.4) is 0 Å². The number of amides is 3. The molecule has 0 aliphatic carbocycles. The Hall–Kier alpha value is -3.77. The number of hydrogen-bond acceptors (Lipinski definition) is 5. The second kappa shape index (κ2) is 13.2. The van der Waals surface area contributed by atoms with Crippen LogP contribution in [-0.4, -0.2) is 67.9 Å². The average molecular weight is 543 g/mol. The third-order valence-corrected chi connectivity index (χ3v) is 7.71. The van der Waals surface area contributed by atoms with Crippen molar-refractivity contribution in [1.82, 2.24) is 14.9 Å². The molecular weight excluding hydrogens is 508 g/mol. The maximum Gasteiger partial charge on any atom is 0.250 e. The van der Waals surface area contributed by atoms with Gasteiger partial charge >= 0.3 is 0 Å².